The summed E-state index contributed by atoms with van der Waals surface area (Å²) < 4.78 is 6.97. The van der Waals surface area contributed by atoms with Gasteiger partial charge in [-0.05, 0) is 48.5 Å². The highest BCUT2D eigenvalue weighted by atomic mass is 35.5. The Kier molecular flexibility index (Phi) is 4.89. The summed E-state index contributed by atoms with van der Waals surface area (Å²) in [6.45, 7) is 0.440. The van der Waals surface area contributed by atoms with Crippen LogP contribution in [0.1, 0.15) is 6.42 Å². The molecule has 2 heterocycles. The lowest BCUT2D eigenvalue weighted by molar-refractivity contribution is -0.137. The van der Waals surface area contributed by atoms with Crippen LogP contribution in [0.25, 0.3) is 17.1 Å². The minimum absolute atomic E-state index is 0.214. The highest BCUT2D eigenvalue weighted by molar-refractivity contribution is 8.00. The van der Waals surface area contributed by atoms with Gasteiger partial charge in [-0.15, -0.1) is 10.2 Å². The molecule has 1 aliphatic rings. The number of hydrogen-bond acceptors (Lipinski definition) is 5. The van der Waals surface area contributed by atoms with E-state index in [1.807, 2.05) is 28.8 Å². The summed E-state index contributed by atoms with van der Waals surface area (Å²) in [5.74, 6) is 0.451. The smallest absolute Gasteiger partial charge is 0.319 e. The third-order valence-corrected chi connectivity index (χ3v) is 5.65. The van der Waals surface area contributed by atoms with E-state index in [0.717, 1.165) is 11.3 Å². The SMILES string of the molecule is O=C1OCC[C@@H]1Sc1nnc(-c2ccc(Cl)cc2)n1-c1ccc(Cl)cc1. The number of hydrogen-bond donors (Lipinski definition) is 0. The van der Waals surface area contributed by atoms with Gasteiger partial charge in [-0.25, -0.2) is 0 Å². The Morgan fingerprint density at radius 1 is 1.00 bits per heavy atom. The van der Waals surface area contributed by atoms with Crippen LogP contribution in [0.5, 0.6) is 0 Å². The highest BCUT2D eigenvalue weighted by Gasteiger charge is 2.30. The molecule has 8 heteroatoms. The number of halogens is 2. The van der Waals surface area contributed by atoms with Gasteiger partial charge in [0, 0.05) is 27.7 Å². The van der Waals surface area contributed by atoms with Crippen LogP contribution in [-0.4, -0.2) is 32.6 Å². The van der Waals surface area contributed by atoms with E-state index in [1.54, 1.807) is 24.3 Å². The van der Waals surface area contributed by atoms with E-state index < -0.39 is 0 Å². The molecule has 0 unspecified atom stereocenters. The molecular weight excluding hydrogens is 393 g/mol. The van der Waals surface area contributed by atoms with E-state index in [-0.39, 0.29) is 11.2 Å². The molecule has 5 nitrogen and oxygen atoms in total. The summed E-state index contributed by atoms with van der Waals surface area (Å²) in [6.07, 6.45) is 0.660. The van der Waals surface area contributed by atoms with E-state index in [1.165, 1.54) is 11.8 Å². The predicted molar refractivity (Wildman–Crippen MR) is 102 cm³/mol. The molecule has 132 valence electrons. The van der Waals surface area contributed by atoms with Gasteiger partial charge >= 0.3 is 5.97 Å². The largest absolute Gasteiger partial charge is 0.465 e. The highest BCUT2D eigenvalue weighted by Crippen LogP contribution is 2.33. The predicted octanol–water partition coefficient (Wildman–Crippen LogP) is 4.65. The van der Waals surface area contributed by atoms with Crippen molar-refractivity contribution in [2.45, 2.75) is 16.8 Å². The van der Waals surface area contributed by atoms with Crippen molar-refractivity contribution >= 4 is 40.9 Å². The number of aromatic nitrogens is 3. The van der Waals surface area contributed by atoms with Gasteiger partial charge in [0.25, 0.3) is 0 Å². The summed E-state index contributed by atoms with van der Waals surface area (Å²) in [5, 5.41) is 10.3. The molecule has 0 bridgehead atoms. The monoisotopic (exact) mass is 405 g/mol. The number of carbonyl (C=O) groups excluding carboxylic acids is 1. The van der Waals surface area contributed by atoms with E-state index >= 15 is 0 Å². The van der Waals surface area contributed by atoms with Gasteiger partial charge in [0.2, 0.25) is 0 Å². The molecule has 0 radical (unpaired) electrons. The van der Waals surface area contributed by atoms with Crippen molar-refractivity contribution in [1.82, 2.24) is 14.8 Å². The number of cyclic esters (lactones) is 1. The van der Waals surface area contributed by atoms with Crippen molar-refractivity contribution in [3.8, 4) is 17.1 Å². The minimum atomic E-state index is -0.275. The molecule has 0 spiro atoms. The fourth-order valence-corrected chi connectivity index (χ4v) is 3.94. The molecule has 0 amide bonds. The maximum Gasteiger partial charge on any atom is 0.319 e. The van der Waals surface area contributed by atoms with E-state index in [0.29, 0.717) is 34.1 Å². The topological polar surface area (TPSA) is 57.0 Å². The molecule has 1 fully saturated rings. The van der Waals surface area contributed by atoms with Gasteiger partial charge in [-0.1, -0.05) is 35.0 Å². The van der Waals surface area contributed by atoms with Crippen molar-refractivity contribution in [3.05, 3.63) is 58.6 Å². The Morgan fingerprint density at radius 2 is 1.65 bits per heavy atom. The number of thioether (sulfide) groups is 1. The maximum absolute atomic E-state index is 11.9. The molecule has 0 saturated carbocycles. The number of rotatable bonds is 4. The fraction of sp³-hybridized carbons (Fsp3) is 0.167. The molecule has 1 atom stereocenters. The standard InChI is InChI=1S/C18H13Cl2N3O2S/c19-12-3-1-11(2-4-12)16-21-22-18(26-15-9-10-25-17(15)24)23(16)14-7-5-13(20)6-8-14/h1-8,15H,9-10H2/t15-/m0/s1. The summed E-state index contributed by atoms with van der Waals surface area (Å²) in [7, 11) is 0. The van der Waals surface area contributed by atoms with Crippen molar-refractivity contribution in [1.29, 1.82) is 0 Å². The summed E-state index contributed by atoms with van der Waals surface area (Å²) in [4.78, 5) is 11.9. The fourth-order valence-electron chi connectivity index (χ4n) is 2.67. The maximum atomic E-state index is 11.9. The van der Waals surface area contributed by atoms with Gasteiger partial charge in [0.15, 0.2) is 11.0 Å². The van der Waals surface area contributed by atoms with Crippen molar-refractivity contribution < 1.29 is 9.53 Å². The van der Waals surface area contributed by atoms with Gasteiger partial charge in [0.1, 0.15) is 5.25 Å². The summed E-state index contributed by atoms with van der Waals surface area (Å²) in [6, 6.07) is 14.8. The second-order valence-electron chi connectivity index (χ2n) is 5.69. The quantitative estimate of drug-likeness (QED) is 0.591. The zero-order chi connectivity index (χ0) is 18.1. The van der Waals surface area contributed by atoms with E-state index in [9.17, 15) is 4.79 Å². The molecule has 1 saturated heterocycles. The van der Waals surface area contributed by atoms with Crippen LogP contribution in [0.2, 0.25) is 10.0 Å². The Balaban J connectivity index is 1.80. The van der Waals surface area contributed by atoms with Gasteiger partial charge < -0.3 is 4.74 Å². The van der Waals surface area contributed by atoms with Crippen LogP contribution in [0.4, 0.5) is 0 Å². The molecule has 4 rings (SSSR count). The van der Waals surface area contributed by atoms with Crippen LogP contribution < -0.4 is 0 Å². The van der Waals surface area contributed by atoms with E-state index in [2.05, 4.69) is 10.2 Å². The Bertz CT molecular complexity index is 942. The number of carbonyl (C=O) groups is 1. The molecule has 2 aromatic carbocycles. The number of ether oxygens (including phenoxy) is 1. The Morgan fingerprint density at radius 3 is 2.27 bits per heavy atom. The zero-order valence-corrected chi connectivity index (χ0v) is 15.8. The van der Waals surface area contributed by atoms with Crippen molar-refractivity contribution in [3.63, 3.8) is 0 Å². The first-order chi connectivity index (χ1) is 12.6. The third-order valence-electron chi connectivity index (χ3n) is 3.96. The summed E-state index contributed by atoms with van der Waals surface area (Å²) >= 11 is 13.4. The molecule has 0 aliphatic carbocycles. The molecule has 26 heavy (non-hydrogen) atoms. The van der Waals surface area contributed by atoms with Gasteiger partial charge in [0.05, 0.1) is 6.61 Å². The van der Waals surface area contributed by atoms with Crippen LogP contribution >= 0.6 is 35.0 Å². The molecule has 0 N–H and O–H groups in total. The molecular formula is C18H13Cl2N3O2S. The van der Waals surface area contributed by atoms with Crippen LogP contribution in [0.15, 0.2) is 53.7 Å². The van der Waals surface area contributed by atoms with Crippen molar-refractivity contribution in [2.75, 3.05) is 6.61 Å². The average Bonchev–Trinajstić information content (AvgIpc) is 3.24. The lowest BCUT2D eigenvalue weighted by atomic mass is 10.2. The zero-order valence-electron chi connectivity index (χ0n) is 13.4. The molecule has 3 aromatic rings. The first kappa shape index (κ1) is 17.4. The second kappa shape index (κ2) is 7.31. The first-order valence-electron chi connectivity index (χ1n) is 7.92. The normalized spacial score (nSPS) is 16.7. The first-order valence-corrected chi connectivity index (χ1v) is 9.56. The number of nitrogens with zero attached hydrogens (tertiary/aromatic N) is 3. The Labute approximate surface area is 164 Å². The van der Waals surface area contributed by atoms with Gasteiger partial charge in [-0.3, -0.25) is 9.36 Å². The minimum Gasteiger partial charge on any atom is -0.465 e. The Hall–Kier alpha value is -2.02. The lowest BCUT2D eigenvalue weighted by Gasteiger charge is -2.12. The van der Waals surface area contributed by atoms with Crippen LogP contribution in [-0.2, 0) is 9.53 Å². The second-order valence-corrected chi connectivity index (χ2v) is 7.73. The van der Waals surface area contributed by atoms with Crippen molar-refractivity contribution in [2.24, 2.45) is 0 Å². The molecule has 1 aliphatic heterocycles. The van der Waals surface area contributed by atoms with Crippen LogP contribution in [0.3, 0.4) is 0 Å². The third kappa shape index (κ3) is 3.45. The molecule has 1 aromatic heterocycles. The van der Waals surface area contributed by atoms with Crippen LogP contribution in [0, 0.1) is 0 Å². The van der Waals surface area contributed by atoms with E-state index in [4.69, 9.17) is 27.9 Å². The number of benzene rings is 2. The lowest BCUT2D eigenvalue weighted by Crippen LogP contribution is -2.11. The summed E-state index contributed by atoms with van der Waals surface area (Å²) in [5.41, 5.74) is 1.73. The van der Waals surface area contributed by atoms with Gasteiger partial charge in [-0.2, -0.15) is 0 Å². The number of esters is 1. The average molecular weight is 406 g/mol.